The maximum absolute atomic E-state index is 12.6. The number of amides is 1. The molecule has 1 aliphatic rings. The van der Waals surface area contributed by atoms with Crippen LogP contribution in [0.1, 0.15) is 40.9 Å². The molecule has 0 saturated heterocycles. The largest absolute Gasteiger partial charge is 0.496 e. The van der Waals surface area contributed by atoms with E-state index in [1.807, 2.05) is 6.92 Å². The monoisotopic (exact) mass is 430 g/mol. The Hall–Kier alpha value is -4.25. The smallest absolute Gasteiger partial charge is 0.247 e. The number of carbonyl (C=O) groups excluding carboxylic acids is 1. The van der Waals surface area contributed by atoms with Crippen LogP contribution in [0.2, 0.25) is 0 Å². The number of furan rings is 1. The highest BCUT2D eigenvalue weighted by Gasteiger charge is 2.37. The van der Waals surface area contributed by atoms with E-state index in [4.69, 9.17) is 19.6 Å². The first kappa shape index (κ1) is 21.0. The number of carbonyl (C=O) groups is 1. The summed E-state index contributed by atoms with van der Waals surface area (Å²) in [6.07, 6.45) is 3.28. The van der Waals surface area contributed by atoms with Crippen molar-refractivity contribution in [1.29, 1.82) is 5.26 Å². The molecule has 4 rings (SSSR count). The molecule has 8 heteroatoms. The Kier molecular flexibility index (Phi) is 5.56. The number of nitriles is 1. The van der Waals surface area contributed by atoms with Gasteiger partial charge in [0.15, 0.2) is 0 Å². The first-order valence-corrected chi connectivity index (χ1v) is 9.94. The van der Waals surface area contributed by atoms with Gasteiger partial charge in [0.1, 0.15) is 18.1 Å². The number of allylic oxidation sites excluding steroid dienone is 1. The zero-order chi connectivity index (χ0) is 22.8. The van der Waals surface area contributed by atoms with Gasteiger partial charge in [-0.1, -0.05) is 6.07 Å². The van der Waals surface area contributed by atoms with Gasteiger partial charge in [0.05, 0.1) is 42.2 Å². The summed E-state index contributed by atoms with van der Waals surface area (Å²) in [5, 5.41) is 12.6. The third-order valence-corrected chi connectivity index (χ3v) is 5.43. The maximum atomic E-state index is 12.6. The average Bonchev–Trinajstić information content (AvgIpc) is 3.31. The molecule has 162 valence electrons. The SMILES string of the molecule is COc1cc(C#N)ccc1C1C(C(N)=O)=C(C)Nc2c(C)cnc(OCc3ccco3)c21. The molecule has 1 amide bonds. The van der Waals surface area contributed by atoms with E-state index in [1.165, 1.54) is 7.11 Å². The average molecular weight is 430 g/mol. The Bertz CT molecular complexity index is 1260. The Morgan fingerprint density at radius 3 is 2.81 bits per heavy atom. The second-order valence-corrected chi connectivity index (χ2v) is 7.43. The van der Waals surface area contributed by atoms with Gasteiger partial charge in [-0.25, -0.2) is 4.98 Å². The van der Waals surface area contributed by atoms with Gasteiger partial charge in [-0.3, -0.25) is 4.79 Å². The lowest BCUT2D eigenvalue weighted by molar-refractivity contribution is -0.114. The van der Waals surface area contributed by atoms with E-state index in [0.29, 0.717) is 45.4 Å². The third-order valence-electron chi connectivity index (χ3n) is 5.43. The van der Waals surface area contributed by atoms with Crippen LogP contribution in [0, 0.1) is 18.3 Å². The van der Waals surface area contributed by atoms with Crippen molar-refractivity contribution in [2.45, 2.75) is 26.4 Å². The fourth-order valence-electron chi connectivity index (χ4n) is 3.96. The van der Waals surface area contributed by atoms with Crippen molar-refractivity contribution in [2.24, 2.45) is 5.73 Å². The van der Waals surface area contributed by atoms with Crippen LogP contribution in [0.15, 0.2) is 58.5 Å². The predicted octanol–water partition coefficient (Wildman–Crippen LogP) is 3.76. The minimum atomic E-state index is -0.606. The molecule has 32 heavy (non-hydrogen) atoms. The lowest BCUT2D eigenvalue weighted by atomic mass is 9.79. The number of aryl methyl sites for hydroxylation is 1. The number of anilines is 1. The van der Waals surface area contributed by atoms with Gasteiger partial charge in [-0.15, -0.1) is 0 Å². The van der Waals surface area contributed by atoms with Gasteiger partial charge in [0.2, 0.25) is 11.8 Å². The van der Waals surface area contributed by atoms with Crippen LogP contribution in [0.4, 0.5) is 5.69 Å². The molecule has 0 fully saturated rings. The highest BCUT2D eigenvalue weighted by atomic mass is 16.5. The Morgan fingerprint density at radius 2 is 2.16 bits per heavy atom. The molecule has 2 aromatic heterocycles. The summed E-state index contributed by atoms with van der Waals surface area (Å²) >= 11 is 0. The number of nitrogens with two attached hydrogens (primary N) is 1. The van der Waals surface area contributed by atoms with Gasteiger partial charge < -0.3 is 24.9 Å². The van der Waals surface area contributed by atoms with Gasteiger partial charge in [-0.05, 0) is 43.7 Å². The number of aromatic nitrogens is 1. The van der Waals surface area contributed by atoms with Gasteiger partial charge in [0.25, 0.3) is 0 Å². The lowest BCUT2D eigenvalue weighted by Crippen LogP contribution is -2.28. The quantitative estimate of drug-likeness (QED) is 0.610. The topological polar surface area (TPSA) is 123 Å². The number of rotatable bonds is 6. The number of hydrogen-bond donors (Lipinski definition) is 2. The summed E-state index contributed by atoms with van der Waals surface area (Å²) in [6, 6.07) is 10.8. The van der Waals surface area contributed by atoms with Crippen molar-refractivity contribution in [2.75, 3.05) is 12.4 Å². The van der Waals surface area contributed by atoms with E-state index in [1.54, 1.807) is 49.7 Å². The summed E-state index contributed by atoms with van der Waals surface area (Å²) in [7, 11) is 1.52. The molecule has 8 nitrogen and oxygen atoms in total. The predicted molar refractivity (Wildman–Crippen MR) is 117 cm³/mol. The number of nitrogens with zero attached hydrogens (tertiary/aromatic N) is 2. The zero-order valence-electron chi connectivity index (χ0n) is 17.9. The van der Waals surface area contributed by atoms with E-state index >= 15 is 0 Å². The molecule has 0 saturated carbocycles. The number of hydrogen-bond acceptors (Lipinski definition) is 7. The standard InChI is InChI=1S/C24H22N4O4/c1-13-11-27-24(32-12-16-5-4-8-31-16)21-20(19(23(26)29)14(2)28-22(13)21)17-7-6-15(10-25)9-18(17)30-3/h4-9,11,20,28H,12H2,1-3H3,(H2,26,29). The Labute approximate surface area is 185 Å². The van der Waals surface area contributed by atoms with E-state index in [0.717, 1.165) is 11.3 Å². The number of primary amides is 1. The molecule has 1 unspecified atom stereocenters. The molecular weight excluding hydrogens is 408 g/mol. The van der Waals surface area contributed by atoms with E-state index in [9.17, 15) is 10.1 Å². The highest BCUT2D eigenvalue weighted by molar-refractivity contribution is 5.98. The number of fused-ring (bicyclic) bond motifs is 1. The number of ether oxygens (including phenoxy) is 2. The van der Waals surface area contributed by atoms with Crippen LogP contribution >= 0.6 is 0 Å². The summed E-state index contributed by atoms with van der Waals surface area (Å²) < 4.78 is 17.0. The Morgan fingerprint density at radius 1 is 1.34 bits per heavy atom. The van der Waals surface area contributed by atoms with Gasteiger partial charge in [0, 0.05) is 23.0 Å². The van der Waals surface area contributed by atoms with Crippen molar-refractivity contribution in [3.8, 4) is 17.7 Å². The number of pyridine rings is 1. The fourth-order valence-corrected chi connectivity index (χ4v) is 3.96. The van der Waals surface area contributed by atoms with E-state index < -0.39 is 11.8 Å². The van der Waals surface area contributed by atoms with Crippen LogP contribution < -0.4 is 20.5 Å². The van der Waals surface area contributed by atoms with Crippen molar-refractivity contribution in [1.82, 2.24) is 4.98 Å². The lowest BCUT2D eigenvalue weighted by Gasteiger charge is -2.32. The fraction of sp³-hybridized carbons (Fsp3) is 0.208. The minimum Gasteiger partial charge on any atom is -0.496 e. The van der Waals surface area contributed by atoms with Crippen LogP contribution in [-0.2, 0) is 11.4 Å². The molecule has 0 radical (unpaired) electrons. The molecule has 1 aliphatic heterocycles. The first-order valence-electron chi connectivity index (χ1n) is 9.94. The highest BCUT2D eigenvalue weighted by Crippen LogP contribution is 2.48. The summed E-state index contributed by atoms with van der Waals surface area (Å²) in [5.74, 6) is 0.268. The second kappa shape index (κ2) is 8.47. The van der Waals surface area contributed by atoms with Gasteiger partial charge in [-0.2, -0.15) is 5.26 Å². The van der Waals surface area contributed by atoms with Crippen LogP contribution in [0.3, 0.4) is 0 Å². The normalized spacial score (nSPS) is 14.9. The molecule has 3 heterocycles. The number of methoxy groups -OCH3 is 1. The molecule has 0 spiro atoms. The molecule has 3 N–H and O–H groups in total. The van der Waals surface area contributed by atoms with Crippen LogP contribution in [0.5, 0.6) is 11.6 Å². The molecule has 1 aromatic carbocycles. The van der Waals surface area contributed by atoms with Crippen molar-refractivity contribution < 1.29 is 18.7 Å². The number of benzene rings is 1. The van der Waals surface area contributed by atoms with Crippen molar-refractivity contribution in [3.63, 3.8) is 0 Å². The second-order valence-electron chi connectivity index (χ2n) is 7.43. The molecule has 3 aromatic rings. The summed E-state index contributed by atoms with van der Waals surface area (Å²) in [4.78, 5) is 17.1. The number of nitrogens with one attached hydrogen (secondary N) is 1. The molecular formula is C24H22N4O4. The van der Waals surface area contributed by atoms with Crippen LogP contribution in [-0.4, -0.2) is 18.0 Å². The first-order chi connectivity index (χ1) is 15.4. The molecule has 0 bridgehead atoms. The molecule has 0 aliphatic carbocycles. The third kappa shape index (κ3) is 3.65. The Balaban J connectivity index is 1.93. The van der Waals surface area contributed by atoms with Crippen molar-refractivity contribution >= 4 is 11.6 Å². The van der Waals surface area contributed by atoms with E-state index in [-0.39, 0.29) is 6.61 Å². The maximum Gasteiger partial charge on any atom is 0.247 e. The van der Waals surface area contributed by atoms with Gasteiger partial charge >= 0.3 is 0 Å². The van der Waals surface area contributed by atoms with E-state index in [2.05, 4.69) is 16.4 Å². The summed E-state index contributed by atoms with van der Waals surface area (Å²) in [6.45, 7) is 3.89. The minimum absolute atomic E-state index is 0.168. The van der Waals surface area contributed by atoms with Crippen LogP contribution in [0.25, 0.3) is 0 Å². The molecule has 1 atom stereocenters. The zero-order valence-corrected chi connectivity index (χ0v) is 17.9. The van der Waals surface area contributed by atoms with Crippen molar-refractivity contribution in [3.05, 3.63) is 82.1 Å². The summed E-state index contributed by atoms with van der Waals surface area (Å²) in [5.41, 5.74) is 10.3.